The van der Waals surface area contributed by atoms with Gasteiger partial charge in [-0.1, -0.05) is 6.92 Å². The molecule has 0 amide bonds. The summed E-state index contributed by atoms with van der Waals surface area (Å²) in [6, 6.07) is 0. The van der Waals surface area contributed by atoms with Crippen LogP contribution in [0.25, 0.3) is 0 Å². The third-order valence-corrected chi connectivity index (χ3v) is 3.66. The van der Waals surface area contributed by atoms with Crippen molar-refractivity contribution in [3.05, 3.63) is 22.8 Å². The van der Waals surface area contributed by atoms with Crippen molar-refractivity contribution in [1.82, 2.24) is 9.97 Å². The Hall–Kier alpha value is -1.49. The van der Waals surface area contributed by atoms with E-state index in [1.807, 2.05) is 13.8 Å². The number of carboxylic acids is 1. The van der Waals surface area contributed by atoms with Gasteiger partial charge in [-0.15, -0.1) is 0 Å². The first-order chi connectivity index (χ1) is 8.99. The van der Waals surface area contributed by atoms with Crippen molar-refractivity contribution in [2.45, 2.75) is 39.5 Å². The molecule has 2 heterocycles. The highest BCUT2D eigenvalue weighted by Gasteiger charge is 2.23. The molecule has 0 radical (unpaired) electrons. The van der Waals surface area contributed by atoms with Gasteiger partial charge in [-0.25, -0.2) is 9.97 Å². The molecule has 1 fully saturated rings. The number of nitrogens with zero attached hydrogens (tertiary/aromatic N) is 2. The maximum Gasteiger partial charge on any atom is 0.306 e. The first kappa shape index (κ1) is 13.9. The minimum atomic E-state index is -0.785. The number of carboxylic acid groups (broad SMARTS) is 1. The van der Waals surface area contributed by atoms with Crippen LogP contribution in [0.5, 0.6) is 0 Å². The molecule has 1 N–H and O–H groups in total. The van der Waals surface area contributed by atoms with Gasteiger partial charge in [0.2, 0.25) is 0 Å². The van der Waals surface area contributed by atoms with Crippen LogP contribution in [0.15, 0.2) is 0 Å². The van der Waals surface area contributed by atoms with Crippen LogP contribution < -0.4 is 0 Å². The predicted octanol–water partition coefficient (Wildman–Crippen LogP) is 1.86. The fourth-order valence-electron chi connectivity index (χ4n) is 2.38. The number of ether oxygens (including phenoxy) is 1. The molecule has 1 aliphatic heterocycles. The standard InChI is InChI=1S/C14H20N2O3/c1-8(14(17)18)6-12-9(2)15-13(16-10(12)3)11-4-5-19-7-11/h8,11H,4-7H2,1-3H3,(H,17,18). The van der Waals surface area contributed by atoms with E-state index in [0.717, 1.165) is 35.8 Å². The lowest BCUT2D eigenvalue weighted by molar-refractivity contribution is -0.141. The Labute approximate surface area is 113 Å². The Morgan fingerprint density at radius 1 is 1.42 bits per heavy atom. The molecule has 1 aromatic rings. The summed E-state index contributed by atoms with van der Waals surface area (Å²) in [6.07, 6.45) is 1.44. The van der Waals surface area contributed by atoms with E-state index in [1.165, 1.54) is 0 Å². The van der Waals surface area contributed by atoms with E-state index < -0.39 is 11.9 Å². The summed E-state index contributed by atoms with van der Waals surface area (Å²) in [5.74, 6) is -0.0868. The van der Waals surface area contributed by atoms with Gasteiger partial charge in [-0.2, -0.15) is 0 Å². The zero-order chi connectivity index (χ0) is 14.0. The number of aryl methyl sites for hydroxylation is 2. The molecule has 0 spiro atoms. The number of rotatable bonds is 4. The second kappa shape index (κ2) is 5.65. The van der Waals surface area contributed by atoms with Crippen molar-refractivity contribution in [1.29, 1.82) is 0 Å². The van der Waals surface area contributed by atoms with Crippen LogP contribution in [0.3, 0.4) is 0 Å². The normalized spacial score (nSPS) is 20.5. The Kier molecular flexibility index (Phi) is 4.14. The molecule has 2 atom stereocenters. The highest BCUT2D eigenvalue weighted by atomic mass is 16.5. The van der Waals surface area contributed by atoms with Gasteiger partial charge in [0.25, 0.3) is 0 Å². The molecule has 5 heteroatoms. The van der Waals surface area contributed by atoms with Gasteiger partial charge in [0.15, 0.2) is 0 Å². The van der Waals surface area contributed by atoms with E-state index in [9.17, 15) is 4.79 Å². The van der Waals surface area contributed by atoms with E-state index in [2.05, 4.69) is 9.97 Å². The van der Waals surface area contributed by atoms with Crippen LogP contribution in [0, 0.1) is 19.8 Å². The zero-order valence-electron chi connectivity index (χ0n) is 11.6. The molecule has 104 valence electrons. The van der Waals surface area contributed by atoms with Crippen molar-refractivity contribution in [3.8, 4) is 0 Å². The topological polar surface area (TPSA) is 72.3 Å². The molecule has 0 bridgehead atoms. The van der Waals surface area contributed by atoms with Crippen molar-refractivity contribution >= 4 is 5.97 Å². The Bertz CT molecular complexity index is 459. The largest absolute Gasteiger partial charge is 0.481 e. The Morgan fingerprint density at radius 2 is 2.05 bits per heavy atom. The highest BCUT2D eigenvalue weighted by Crippen LogP contribution is 2.24. The van der Waals surface area contributed by atoms with E-state index in [4.69, 9.17) is 9.84 Å². The lowest BCUT2D eigenvalue weighted by Gasteiger charge is -2.15. The van der Waals surface area contributed by atoms with Gasteiger partial charge < -0.3 is 9.84 Å². The first-order valence-electron chi connectivity index (χ1n) is 6.63. The minimum absolute atomic E-state index is 0.281. The fourth-order valence-corrected chi connectivity index (χ4v) is 2.38. The van der Waals surface area contributed by atoms with Crippen LogP contribution in [0.1, 0.15) is 42.0 Å². The molecule has 1 saturated heterocycles. The lowest BCUT2D eigenvalue weighted by atomic mass is 9.98. The second-order valence-electron chi connectivity index (χ2n) is 5.24. The average Bonchev–Trinajstić information content (AvgIpc) is 2.86. The van der Waals surface area contributed by atoms with Crippen LogP contribution >= 0.6 is 0 Å². The van der Waals surface area contributed by atoms with Crippen LogP contribution in [-0.4, -0.2) is 34.3 Å². The quantitative estimate of drug-likeness (QED) is 0.898. The summed E-state index contributed by atoms with van der Waals surface area (Å²) in [5, 5.41) is 8.99. The third kappa shape index (κ3) is 3.10. The van der Waals surface area contributed by atoms with Gasteiger partial charge in [-0.3, -0.25) is 4.79 Å². The molecule has 19 heavy (non-hydrogen) atoms. The molecule has 1 aromatic heterocycles. The summed E-state index contributed by atoms with van der Waals surface area (Å²) < 4.78 is 5.36. The Morgan fingerprint density at radius 3 is 2.53 bits per heavy atom. The van der Waals surface area contributed by atoms with Gasteiger partial charge in [0.1, 0.15) is 5.82 Å². The maximum atomic E-state index is 10.9. The SMILES string of the molecule is Cc1nc(C2CCOC2)nc(C)c1CC(C)C(=O)O. The number of aliphatic carboxylic acids is 1. The predicted molar refractivity (Wildman–Crippen MR) is 70.2 cm³/mol. The third-order valence-electron chi connectivity index (χ3n) is 3.66. The molecule has 0 aliphatic carbocycles. The second-order valence-corrected chi connectivity index (χ2v) is 5.24. The summed E-state index contributed by atoms with van der Waals surface area (Å²) in [7, 11) is 0. The van der Waals surface area contributed by atoms with Gasteiger partial charge in [-0.05, 0) is 32.3 Å². The molecule has 5 nitrogen and oxygen atoms in total. The Balaban J connectivity index is 2.24. The molecule has 0 saturated carbocycles. The summed E-state index contributed by atoms with van der Waals surface area (Å²) >= 11 is 0. The smallest absolute Gasteiger partial charge is 0.306 e. The minimum Gasteiger partial charge on any atom is -0.481 e. The molecule has 2 unspecified atom stereocenters. The van der Waals surface area contributed by atoms with E-state index in [0.29, 0.717) is 13.0 Å². The number of aromatic nitrogens is 2. The zero-order valence-corrected chi connectivity index (χ0v) is 11.6. The molecular weight excluding hydrogens is 244 g/mol. The van der Waals surface area contributed by atoms with Gasteiger partial charge in [0.05, 0.1) is 12.5 Å². The fraction of sp³-hybridized carbons (Fsp3) is 0.643. The summed E-state index contributed by atoms with van der Waals surface area (Å²) in [5.41, 5.74) is 2.74. The van der Waals surface area contributed by atoms with E-state index >= 15 is 0 Å². The lowest BCUT2D eigenvalue weighted by Crippen LogP contribution is -2.16. The van der Waals surface area contributed by atoms with Gasteiger partial charge in [0, 0.05) is 23.9 Å². The molecule has 1 aliphatic rings. The van der Waals surface area contributed by atoms with Crippen LogP contribution in [0.2, 0.25) is 0 Å². The van der Waals surface area contributed by atoms with Gasteiger partial charge >= 0.3 is 5.97 Å². The molecule has 0 aromatic carbocycles. The number of hydrogen-bond acceptors (Lipinski definition) is 4. The van der Waals surface area contributed by atoms with Crippen LogP contribution in [0.4, 0.5) is 0 Å². The average molecular weight is 264 g/mol. The highest BCUT2D eigenvalue weighted by molar-refractivity contribution is 5.70. The van der Waals surface area contributed by atoms with E-state index in [-0.39, 0.29) is 5.92 Å². The molecular formula is C14H20N2O3. The maximum absolute atomic E-state index is 10.9. The van der Waals surface area contributed by atoms with Crippen molar-refractivity contribution < 1.29 is 14.6 Å². The first-order valence-corrected chi connectivity index (χ1v) is 6.63. The van der Waals surface area contributed by atoms with Crippen molar-refractivity contribution in [2.75, 3.05) is 13.2 Å². The number of carbonyl (C=O) groups is 1. The van der Waals surface area contributed by atoms with Crippen LogP contribution in [-0.2, 0) is 16.0 Å². The summed E-state index contributed by atoms with van der Waals surface area (Å²) in [6.45, 7) is 7.02. The molecule has 2 rings (SSSR count). The monoisotopic (exact) mass is 264 g/mol. The summed E-state index contributed by atoms with van der Waals surface area (Å²) in [4.78, 5) is 20.0. The van der Waals surface area contributed by atoms with E-state index in [1.54, 1.807) is 6.92 Å². The number of hydrogen-bond donors (Lipinski definition) is 1. The van der Waals surface area contributed by atoms with Crippen molar-refractivity contribution in [2.24, 2.45) is 5.92 Å². The van der Waals surface area contributed by atoms with Crippen molar-refractivity contribution in [3.63, 3.8) is 0 Å².